The van der Waals surface area contributed by atoms with Crippen molar-refractivity contribution in [2.45, 2.75) is 19.3 Å². The summed E-state index contributed by atoms with van der Waals surface area (Å²) in [6.07, 6.45) is 4.20. The van der Waals surface area contributed by atoms with E-state index in [-0.39, 0.29) is 5.78 Å². The Labute approximate surface area is 114 Å². The van der Waals surface area contributed by atoms with Crippen LogP contribution in [0.25, 0.3) is 0 Å². The molecule has 0 saturated heterocycles. The van der Waals surface area contributed by atoms with Crippen molar-refractivity contribution >= 4 is 34.1 Å². The minimum absolute atomic E-state index is 0.198. The lowest BCUT2D eigenvalue weighted by atomic mass is 10.0. The van der Waals surface area contributed by atoms with E-state index in [1.807, 2.05) is 18.2 Å². The standard InChI is InChI=1S/C13H14INO2/c1-17-12-7-3-6-11(14)13(12)15-9-4-2-5-10(16)8-9/h3,6-8,15H,2,4-5H2,1H3. The second kappa shape index (κ2) is 5.53. The van der Waals surface area contributed by atoms with Gasteiger partial charge < -0.3 is 10.1 Å². The highest BCUT2D eigenvalue weighted by Gasteiger charge is 2.13. The normalized spacial score (nSPS) is 15.4. The molecule has 1 aliphatic carbocycles. The SMILES string of the molecule is COc1cccc(I)c1NC1=CC(=O)CCC1. The molecule has 1 aliphatic rings. The van der Waals surface area contributed by atoms with E-state index in [1.165, 1.54) is 0 Å². The van der Waals surface area contributed by atoms with E-state index in [1.54, 1.807) is 13.2 Å². The molecule has 0 amide bonds. The predicted octanol–water partition coefficient (Wildman–Crippen LogP) is 3.35. The summed E-state index contributed by atoms with van der Waals surface area (Å²) in [5, 5.41) is 3.31. The van der Waals surface area contributed by atoms with E-state index in [2.05, 4.69) is 27.9 Å². The van der Waals surface area contributed by atoms with Gasteiger partial charge in [-0.15, -0.1) is 0 Å². The number of carbonyl (C=O) groups excluding carboxylic acids is 1. The molecule has 0 radical (unpaired) electrons. The summed E-state index contributed by atoms with van der Waals surface area (Å²) in [5.74, 6) is 1.000. The molecule has 0 bridgehead atoms. The van der Waals surface area contributed by atoms with Gasteiger partial charge in [0.2, 0.25) is 0 Å². The number of hydrogen-bond donors (Lipinski definition) is 1. The molecular formula is C13H14INO2. The van der Waals surface area contributed by atoms with E-state index in [4.69, 9.17) is 4.74 Å². The van der Waals surface area contributed by atoms with Crippen molar-refractivity contribution < 1.29 is 9.53 Å². The number of hydrogen-bond acceptors (Lipinski definition) is 3. The van der Waals surface area contributed by atoms with Crippen LogP contribution < -0.4 is 10.1 Å². The molecule has 0 aromatic heterocycles. The maximum atomic E-state index is 11.4. The Hall–Kier alpha value is -1.04. The third kappa shape index (κ3) is 3.00. The van der Waals surface area contributed by atoms with Crippen LogP contribution in [0.5, 0.6) is 5.75 Å². The summed E-state index contributed by atoms with van der Waals surface area (Å²) < 4.78 is 6.40. The van der Waals surface area contributed by atoms with Gasteiger partial charge in [0.05, 0.1) is 12.8 Å². The van der Waals surface area contributed by atoms with E-state index >= 15 is 0 Å². The first kappa shape index (κ1) is 12.4. The monoisotopic (exact) mass is 343 g/mol. The molecule has 0 unspecified atom stereocenters. The number of ketones is 1. The number of benzene rings is 1. The Bertz CT molecular complexity index is 468. The highest BCUT2D eigenvalue weighted by Crippen LogP contribution is 2.31. The fraction of sp³-hybridized carbons (Fsp3) is 0.308. The van der Waals surface area contributed by atoms with Gasteiger partial charge in [-0.2, -0.15) is 0 Å². The first-order valence-corrected chi connectivity index (χ1v) is 6.61. The third-order valence-electron chi connectivity index (χ3n) is 2.69. The molecule has 4 heteroatoms. The van der Waals surface area contributed by atoms with Gasteiger partial charge in [-0.25, -0.2) is 0 Å². The number of para-hydroxylation sites is 1. The number of carbonyl (C=O) groups is 1. The molecule has 0 atom stereocenters. The minimum Gasteiger partial charge on any atom is -0.495 e. The van der Waals surface area contributed by atoms with E-state index in [0.29, 0.717) is 6.42 Å². The number of anilines is 1. The maximum absolute atomic E-state index is 11.4. The van der Waals surface area contributed by atoms with Crippen LogP contribution in [0.1, 0.15) is 19.3 Å². The van der Waals surface area contributed by atoms with Crippen molar-refractivity contribution in [1.82, 2.24) is 0 Å². The maximum Gasteiger partial charge on any atom is 0.157 e. The molecule has 0 saturated carbocycles. The Balaban J connectivity index is 2.26. The smallest absolute Gasteiger partial charge is 0.157 e. The average molecular weight is 343 g/mol. The van der Waals surface area contributed by atoms with Crippen molar-refractivity contribution in [2.75, 3.05) is 12.4 Å². The van der Waals surface area contributed by atoms with Crippen LogP contribution in [-0.2, 0) is 4.79 Å². The lowest BCUT2D eigenvalue weighted by molar-refractivity contribution is -0.115. The lowest BCUT2D eigenvalue weighted by Gasteiger charge is -2.17. The van der Waals surface area contributed by atoms with Gasteiger partial charge in [0.1, 0.15) is 5.75 Å². The van der Waals surface area contributed by atoms with Crippen LogP contribution in [0.15, 0.2) is 30.0 Å². The summed E-state index contributed by atoms with van der Waals surface area (Å²) in [6.45, 7) is 0. The number of halogens is 1. The summed E-state index contributed by atoms with van der Waals surface area (Å²) in [4.78, 5) is 11.4. The molecule has 90 valence electrons. The zero-order valence-electron chi connectivity index (χ0n) is 9.63. The van der Waals surface area contributed by atoms with E-state index < -0.39 is 0 Å². The summed E-state index contributed by atoms with van der Waals surface area (Å²) in [7, 11) is 1.65. The van der Waals surface area contributed by atoms with E-state index in [9.17, 15) is 4.79 Å². The predicted molar refractivity (Wildman–Crippen MR) is 76.3 cm³/mol. The van der Waals surface area contributed by atoms with Gasteiger partial charge in [0.25, 0.3) is 0 Å². The highest BCUT2D eigenvalue weighted by molar-refractivity contribution is 14.1. The third-order valence-corrected chi connectivity index (χ3v) is 3.58. The van der Waals surface area contributed by atoms with Crippen molar-refractivity contribution in [3.8, 4) is 5.75 Å². The fourth-order valence-electron chi connectivity index (χ4n) is 1.85. The molecule has 0 aliphatic heterocycles. The number of allylic oxidation sites excluding steroid dienone is 2. The number of rotatable bonds is 3. The molecule has 1 aromatic carbocycles. The van der Waals surface area contributed by atoms with Crippen LogP contribution in [-0.4, -0.2) is 12.9 Å². The van der Waals surface area contributed by atoms with Crippen LogP contribution in [0.3, 0.4) is 0 Å². The first-order valence-electron chi connectivity index (χ1n) is 5.53. The minimum atomic E-state index is 0.198. The molecular weight excluding hydrogens is 329 g/mol. The number of ether oxygens (including phenoxy) is 1. The Morgan fingerprint density at radius 2 is 2.18 bits per heavy atom. The van der Waals surface area contributed by atoms with Crippen LogP contribution >= 0.6 is 22.6 Å². The summed E-state index contributed by atoms with van der Waals surface area (Å²) in [5.41, 5.74) is 1.92. The van der Waals surface area contributed by atoms with Gasteiger partial charge in [0.15, 0.2) is 5.78 Å². The van der Waals surface area contributed by atoms with E-state index in [0.717, 1.165) is 33.5 Å². The molecule has 0 fully saturated rings. The highest BCUT2D eigenvalue weighted by atomic mass is 127. The van der Waals surface area contributed by atoms with Gasteiger partial charge >= 0.3 is 0 Å². The largest absolute Gasteiger partial charge is 0.495 e. The zero-order valence-corrected chi connectivity index (χ0v) is 11.8. The number of nitrogens with one attached hydrogen (secondary N) is 1. The van der Waals surface area contributed by atoms with Crippen molar-refractivity contribution in [3.63, 3.8) is 0 Å². The molecule has 0 spiro atoms. The fourth-order valence-corrected chi connectivity index (χ4v) is 2.45. The second-order valence-electron chi connectivity index (χ2n) is 3.93. The molecule has 17 heavy (non-hydrogen) atoms. The molecule has 1 aromatic rings. The zero-order chi connectivity index (χ0) is 12.3. The lowest BCUT2D eigenvalue weighted by Crippen LogP contribution is -2.10. The van der Waals surface area contributed by atoms with Crippen molar-refractivity contribution in [2.24, 2.45) is 0 Å². The first-order chi connectivity index (χ1) is 8.20. The van der Waals surface area contributed by atoms with Crippen LogP contribution in [0.2, 0.25) is 0 Å². The Kier molecular flexibility index (Phi) is 4.04. The molecule has 2 rings (SSSR count). The summed E-state index contributed by atoms with van der Waals surface area (Å²) in [6, 6.07) is 5.87. The summed E-state index contributed by atoms with van der Waals surface area (Å²) >= 11 is 2.26. The molecule has 1 N–H and O–H groups in total. The topological polar surface area (TPSA) is 38.3 Å². The van der Waals surface area contributed by atoms with Crippen LogP contribution in [0.4, 0.5) is 5.69 Å². The quantitative estimate of drug-likeness (QED) is 0.856. The van der Waals surface area contributed by atoms with Crippen molar-refractivity contribution in [1.29, 1.82) is 0 Å². The Morgan fingerprint density at radius 1 is 1.35 bits per heavy atom. The van der Waals surface area contributed by atoms with Crippen molar-refractivity contribution in [3.05, 3.63) is 33.5 Å². The van der Waals surface area contributed by atoms with Gasteiger partial charge in [-0.3, -0.25) is 4.79 Å². The molecule has 3 nitrogen and oxygen atoms in total. The molecule has 0 heterocycles. The average Bonchev–Trinajstić information content (AvgIpc) is 2.32. The van der Waals surface area contributed by atoms with Gasteiger partial charge in [-0.1, -0.05) is 6.07 Å². The van der Waals surface area contributed by atoms with Gasteiger partial charge in [-0.05, 0) is 47.6 Å². The van der Waals surface area contributed by atoms with Gasteiger partial charge in [0, 0.05) is 21.8 Å². The second-order valence-corrected chi connectivity index (χ2v) is 5.09. The Morgan fingerprint density at radius 3 is 2.88 bits per heavy atom. The number of methoxy groups -OCH3 is 1. The van der Waals surface area contributed by atoms with Crippen LogP contribution in [0, 0.1) is 3.57 Å².